The summed E-state index contributed by atoms with van der Waals surface area (Å²) in [6, 6.07) is 7.67. The van der Waals surface area contributed by atoms with Gasteiger partial charge < -0.3 is 10.1 Å². The standard InChI is InChI=1S/C13H13BrN2O2/c1-8-15-7-12(16-8)11(6-13(17)18)9-2-4-10(14)5-3-9/h2-5,7,11H,6H2,1H3,(H,15,16)(H,17,18). The molecule has 94 valence electrons. The van der Waals surface area contributed by atoms with E-state index in [1.807, 2.05) is 31.2 Å². The highest BCUT2D eigenvalue weighted by Crippen LogP contribution is 2.27. The number of rotatable bonds is 4. The average molecular weight is 309 g/mol. The zero-order valence-corrected chi connectivity index (χ0v) is 11.4. The molecule has 0 bridgehead atoms. The summed E-state index contributed by atoms with van der Waals surface area (Å²) in [4.78, 5) is 18.2. The molecule has 2 N–H and O–H groups in total. The summed E-state index contributed by atoms with van der Waals surface area (Å²) >= 11 is 3.37. The van der Waals surface area contributed by atoms with Crippen molar-refractivity contribution in [3.63, 3.8) is 0 Å². The molecule has 0 aliphatic carbocycles. The van der Waals surface area contributed by atoms with Crippen LogP contribution in [0, 0.1) is 6.92 Å². The van der Waals surface area contributed by atoms with Crippen LogP contribution in [0.25, 0.3) is 0 Å². The Labute approximate surface area is 113 Å². The third-order valence-corrected chi connectivity index (χ3v) is 3.28. The first-order chi connectivity index (χ1) is 8.56. The topological polar surface area (TPSA) is 66.0 Å². The molecule has 1 aromatic heterocycles. The highest BCUT2D eigenvalue weighted by atomic mass is 79.9. The Balaban J connectivity index is 2.36. The van der Waals surface area contributed by atoms with Crippen LogP contribution >= 0.6 is 15.9 Å². The summed E-state index contributed by atoms with van der Waals surface area (Å²) in [7, 11) is 0. The van der Waals surface area contributed by atoms with Crippen molar-refractivity contribution in [2.24, 2.45) is 0 Å². The molecule has 18 heavy (non-hydrogen) atoms. The minimum absolute atomic E-state index is 0.0449. The normalized spacial score (nSPS) is 12.3. The molecule has 4 nitrogen and oxygen atoms in total. The van der Waals surface area contributed by atoms with Crippen molar-refractivity contribution in [1.29, 1.82) is 0 Å². The molecule has 1 unspecified atom stereocenters. The Hall–Kier alpha value is -1.62. The third kappa shape index (κ3) is 2.98. The van der Waals surface area contributed by atoms with Gasteiger partial charge in [-0.25, -0.2) is 4.98 Å². The minimum Gasteiger partial charge on any atom is -0.481 e. The van der Waals surface area contributed by atoms with Gasteiger partial charge in [0.25, 0.3) is 0 Å². The van der Waals surface area contributed by atoms with Crippen molar-refractivity contribution in [3.8, 4) is 0 Å². The van der Waals surface area contributed by atoms with Crippen LogP contribution in [0.4, 0.5) is 0 Å². The van der Waals surface area contributed by atoms with Crippen LogP contribution in [0.5, 0.6) is 0 Å². The number of aryl methyl sites for hydroxylation is 1. The van der Waals surface area contributed by atoms with Gasteiger partial charge in [0.15, 0.2) is 0 Å². The summed E-state index contributed by atoms with van der Waals surface area (Å²) in [5.74, 6) is -0.232. The van der Waals surface area contributed by atoms with E-state index in [2.05, 4.69) is 25.9 Å². The molecular weight excluding hydrogens is 296 g/mol. The van der Waals surface area contributed by atoms with E-state index in [0.29, 0.717) is 0 Å². The van der Waals surface area contributed by atoms with E-state index in [0.717, 1.165) is 21.6 Å². The Kier molecular flexibility index (Phi) is 3.81. The summed E-state index contributed by atoms with van der Waals surface area (Å²) in [6.07, 6.45) is 1.74. The smallest absolute Gasteiger partial charge is 0.304 e. The van der Waals surface area contributed by atoms with Gasteiger partial charge in [-0.3, -0.25) is 4.79 Å². The lowest BCUT2D eigenvalue weighted by Gasteiger charge is -2.13. The van der Waals surface area contributed by atoms with Gasteiger partial charge in [-0.05, 0) is 24.6 Å². The van der Waals surface area contributed by atoms with Crippen LogP contribution in [-0.2, 0) is 4.79 Å². The summed E-state index contributed by atoms with van der Waals surface area (Å²) in [5, 5.41) is 9.02. The molecule has 1 atom stereocenters. The lowest BCUT2D eigenvalue weighted by atomic mass is 9.93. The summed E-state index contributed by atoms with van der Waals surface area (Å²) < 4.78 is 0.973. The van der Waals surface area contributed by atoms with Gasteiger partial charge in [0.05, 0.1) is 6.42 Å². The molecule has 2 aromatic rings. The second-order valence-corrected chi connectivity index (χ2v) is 5.04. The van der Waals surface area contributed by atoms with Gasteiger partial charge in [-0.15, -0.1) is 0 Å². The zero-order chi connectivity index (χ0) is 13.1. The van der Waals surface area contributed by atoms with Gasteiger partial charge in [-0.2, -0.15) is 0 Å². The van der Waals surface area contributed by atoms with Crippen molar-refractivity contribution < 1.29 is 9.90 Å². The van der Waals surface area contributed by atoms with E-state index in [1.165, 1.54) is 0 Å². The number of hydrogen-bond donors (Lipinski definition) is 2. The van der Waals surface area contributed by atoms with Gasteiger partial charge in [0.2, 0.25) is 0 Å². The van der Waals surface area contributed by atoms with Crippen LogP contribution in [0.2, 0.25) is 0 Å². The van der Waals surface area contributed by atoms with E-state index < -0.39 is 5.97 Å². The number of aromatic nitrogens is 2. The highest BCUT2D eigenvalue weighted by Gasteiger charge is 2.19. The fourth-order valence-electron chi connectivity index (χ4n) is 1.89. The number of carboxylic acid groups (broad SMARTS) is 1. The predicted molar refractivity (Wildman–Crippen MR) is 71.6 cm³/mol. The van der Waals surface area contributed by atoms with E-state index in [4.69, 9.17) is 5.11 Å². The van der Waals surface area contributed by atoms with Gasteiger partial charge in [0, 0.05) is 22.3 Å². The van der Waals surface area contributed by atoms with Crippen LogP contribution in [-0.4, -0.2) is 21.0 Å². The molecular formula is C13H13BrN2O2. The highest BCUT2D eigenvalue weighted by molar-refractivity contribution is 9.10. The first-order valence-electron chi connectivity index (χ1n) is 5.55. The van der Waals surface area contributed by atoms with Crippen molar-refractivity contribution in [3.05, 3.63) is 52.0 Å². The van der Waals surface area contributed by atoms with E-state index in [9.17, 15) is 4.79 Å². The molecule has 0 saturated carbocycles. The molecule has 0 aliphatic rings. The summed E-state index contributed by atoms with van der Waals surface area (Å²) in [5.41, 5.74) is 1.79. The molecule has 0 saturated heterocycles. The van der Waals surface area contributed by atoms with E-state index in [1.54, 1.807) is 6.20 Å². The van der Waals surface area contributed by atoms with E-state index >= 15 is 0 Å². The zero-order valence-electron chi connectivity index (χ0n) is 9.85. The molecule has 0 spiro atoms. The molecule has 1 aromatic carbocycles. The Morgan fingerprint density at radius 3 is 2.61 bits per heavy atom. The quantitative estimate of drug-likeness (QED) is 0.912. The van der Waals surface area contributed by atoms with Crippen LogP contribution < -0.4 is 0 Å². The molecule has 0 aliphatic heterocycles. The maximum atomic E-state index is 11.0. The maximum Gasteiger partial charge on any atom is 0.304 e. The fraction of sp³-hybridized carbons (Fsp3) is 0.231. The SMILES string of the molecule is Cc1ncc(C(CC(=O)O)c2ccc(Br)cc2)[nH]1. The number of carboxylic acids is 1. The number of benzene rings is 1. The molecule has 2 rings (SSSR count). The van der Waals surface area contributed by atoms with E-state index in [-0.39, 0.29) is 12.3 Å². The van der Waals surface area contributed by atoms with Crippen LogP contribution in [0.3, 0.4) is 0 Å². The first-order valence-corrected chi connectivity index (χ1v) is 6.34. The largest absolute Gasteiger partial charge is 0.481 e. The lowest BCUT2D eigenvalue weighted by Crippen LogP contribution is -2.08. The van der Waals surface area contributed by atoms with Crippen molar-refractivity contribution in [2.45, 2.75) is 19.3 Å². The average Bonchev–Trinajstić information content (AvgIpc) is 2.74. The second-order valence-electron chi connectivity index (χ2n) is 4.13. The third-order valence-electron chi connectivity index (χ3n) is 2.75. The number of nitrogens with zero attached hydrogens (tertiary/aromatic N) is 1. The van der Waals surface area contributed by atoms with Gasteiger partial charge in [-0.1, -0.05) is 28.1 Å². The van der Waals surface area contributed by atoms with Gasteiger partial charge in [0.1, 0.15) is 5.82 Å². The predicted octanol–water partition coefficient (Wildman–Crippen LogP) is 3.09. The number of carbonyl (C=O) groups is 1. The Morgan fingerprint density at radius 1 is 1.44 bits per heavy atom. The minimum atomic E-state index is -0.824. The number of H-pyrrole nitrogens is 1. The molecule has 5 heteroatoms. The molecule has 0 fully saturated rings. The second kappa shape index (κ2) is 5.35. The number of hydrogen-bond acceptors (Lipinski definition) is 2. The number of halogens is 1. The first kappa shape index (κ1) is 12.8. The molecule has 0 radical (unpaired) electrons. The lowest BCUT2D eigenvalue weighted by molar-refractivity contribution is -0.137. The number of aromatic amines is 1. The molecule has 0 amide bonds. The van der Waals surface area contributed by atoms with Gasteiger partial charge >= 0.3 is 5.97 Å². The Bertz CT molecular complexity index is 548. The van der Waals surface area contributed by atoms with Crippen molar-refractivity contribution in [2.75, 3.05) is 0 Å². The fourth-order valence-corrected chi connectivity index (χ4v) is 2.16. The summed E-state index contributed by atoms with van der Waals surface area (Å²) in [6.45, 7) is 1.85. The number of aliphatic carboxylic acids is 1. The molecule has 1 heterocycles. The maximum absolute atomic E-state index is 11.0. The monoisotopic (exact) mass is 308 g/mol. The number of imidazole rings is 1. The van der Waals surface area contributed by atoms with Crippen molar-refractivity contribution >= 4 is 21.9 Å². The van der Waals surface area contributed by atoms with Crippen LogP contribution in [0.15, 0.2) is 34.9 Å². The van der Waals surface area contributed by atoms with Crippen LogP contribution in [0.1, 0.15) is 29.4 Å². The number of nitrogens with one attached hydrogen (secondary N) is 1. The Morgan fingerprint density at radius 2 is 2.11 bits per heavy atom. The van der Waals surface area contributed by atoms with Crippen molar-refractivity contribution in [1.82, 2.24) is 9.97 Å².